The minimum atomic E-state index is -0.220. The predicted molar refractivity (Wildman–Crippen MR) is 103 cm³/mol. The summed E-state index contributed by atoms with van der Waals surface area (Å²) in [6.07, 6.45) is 0. The van der Waals surface area contributed by atoms with Crippen LogP contribution in [0.25, 0.3) is 22.3 Å². The lowest BCUT2D eigenvalue weighted by Gasteiger charge is -2.19. The summed E-state index contributed by atoms with van der Waals surface area (Å²) in [5.74, 6) is -0.440. The number of carbonyl (C=O) groups is 2. The van der Waals surface area contributed by atoms with Gasteiger partial charge in [-0.25, -0.2) is 0 Å². The number of nitrogens with zero attached hydrogens (tertiary/aromatic N) is 1. The van der Waals surface area contributed by atoms with Gasteiger partial charge in [-0.3, -0.25) is 14.5 Å². The molecule has 0 fully saturated rings. The van der Waals surface area contributed by atoms with Gasteiger partial charge in [-0.05, 0) is 47.2 Å². The Hall–Kier alpha value is -3.20. The average molecular weight is 341 g/mol. The minimum Gasteiger partial charge on any atom is -0.277 e. The lowest BCUT2D eigenvalue weighted by molar-refractivity contribution is 0.0693. The Morgan fingerprint density at radius 1 is 0.577 bits per heavy atom. The lowest BCUT2D eigenvalue weighted by atomic mass is 9.82. The molecule has 0 aromatic heterocycles. The zero-order valence-corrected chi connectivity index (χ0v) is 15.0. The van der Waals surface area contributed by atoms with Gasteiger partial charge in [-0.15, -0.1) is 0 Å². The molecule has 128 valence electrons. The maximum atomic E-state index is 12.7. The number of hydrogen-bond donors (Lipinski definition) is 0. The van der Waals surface area contributed by atoms with Crippen molar-refractivity contribution < 1.29 is 9.59 Å². The molecule has 1 aliphatic heterocycles. The van der Waals surface area contributed by atoms with Crippen LogP contribution in [0.4, 0.5) is 0 Å². The first kappa shape index (κ1) is 16.3. The third-order valence-electron chi connectivity index (χ3n) is 5.16. The second-order valence-corrected chi connectivity index (χ2v) is 6.65. The maximum absolute atomic E-state index is 12.7. The molecule has 3 aromatic rings. The number of carbonyl (C=O) groups excluding carboxylic acids is 2. The van der Waals surface area contributed by atoms with Gasteiger partial charge in [0.05, 0.1) is 11.1 Å². The van der Waals surface area contributed by atoms with Gasteiger partial charge < -0.3 is 0 Å². The molecule has 0 radical (unpaired) electrons. The van der Waals surface area contributed by atoms with Crippen molar-refractivity contribution in [2.24, 2.45) is 0 Å². The Kier molecular flexibility index (Phi) is 3.73. The molecule has 0 saturated carbocycles. The second-order valence-electron chi connectivity index (χ2n) is 6.65. The van der Waals surface area contributed by atoms with E-state index >= 15 is 0 Å². The van der Waals surface area contributed by atoms with Crippen LogP contribution in [0.5, 0.6) is 0 Å². The van der Waals surface area contributed by atoms with Crippen molar-refractivity contribution in [3.8, 4) is 22.3 Å². The van der Waals surface area contributed by atoms with E-state index in [1.165, 1.54) is 4.90 Å². The van der Waals surface area contributed by atoms with Gasteiger partial charge >= 0.3 is 0 Å². The molecular weight excluding hydrogens is 322 g/mol. The molecule has 0 N–H and O–H groups in total. The van der Waals surface area contributed by atoms with Crippen molar-refractivity contribution in [3.05, 3.63) is 82.9 Å². The summed E-state index contributed by atoms with van der Waals surface area (Å²) in [7, 11) is 1.55. The zero-order chi connectivity index (χ0) is 18.4. The van der Waals surface area contributed by atoms with Gasteiger partial charge in [-0.2, -0.15) is 0 Å². The van der Waals surface area contributed by atoms with Gasteiger partial charge in [0, 0.05) is 7.05 Å². The van der Waals surface area contributed by atoms with E-state index in [0.29, 0.717) is 11.1 Å². The van der Waals surface area contributed by atoms with Crippen molar-refractivity contribution in [2.75, 3.05) is 7.05 Å². The van der Waals surface area contributed by atoms with Gasteiger partial charge in [-0.1, -0.05) is 60.7 Å². The van der Waals surface area contributed by atoms with E-state index in [2.05, 4.69) is 0 Å². The Labute approximate surface area is 152 Å². The number of imide groups is 1. The quantitative estimate of drug-likeness (QED) is 0.624. The summed E-state index contributed by atoms with van der Waals surface area (Å²) >= 11 is 0. The number of benzene rings is 3. The molecule has 3 heteroatoms. The Morgan fingerprint density at radius 3 is 1.27 bits per heavy atom. The number of fused-ring (bicyclic) bond motifs is 1. The first-order chi connectivity index (χ1) is 12.5. The van der Waals surface area contributed by atoms with Crippen LogP contribution >= 0.6 is 0 Å². The molecule has 0 spiro atoms. The third kappa shape index (κ3) is 2.21. The monoisotopic (exact) mass is 341 g/mol. The molecule has 0 aliphatic carbocycles. The molecule has 2 amide bonds. The topological polar surface area (TPSA) is 37.4 Å². The largest absolute Gasteiger partial charge is 0.277 e. The van der Waals surface area contributed by atoms with Gasteiger partial charge in [0.15, 0.2) is 0 Å². The van der Waals surface area contributed by atoms with E-state index in [1.54, 1.807) is 7.05 Å². The van der Waals surface area contributed by atoms with Crippen LogP contribution < -0.4 is 0 Å². The molecule has 0 bridgehead atoms. The Bertz CT molecular complexity index is 953. The van der Waals surface area contributed by atoms with E-state index in [0.717, 1.165) is 33.4 Å². The highest BCUT2D eigenvalue weighted by Crippen LogP contribution is 2.43. The van der Waals surface area contributed by atoms with Crippen LogP contribution in [0.3, 0.4) is 0 Å². The highest BCUT2D eigenvalue weighted by Gasteiger charge is 2.38. The van der Waals surface area contributed by atoms with Crippen molar-refractivity contribution >= 4 is 11.8 Å². The average Bonchev–Trinajstić information content (AvgIpc) is 2.90. The lowest BCUT2D eigenvalue weighted by Crippen LogP contribution is -2.24. The molecule has 0 saturated heterocycles. The summed E-state index contributed by atoms with van der Waals surface area (Å²) in [6, 6.07) is 20.1. The summed E-state index contributed by atoms with van der Waals surface area (Å²) in [5, 5.41) is 0. The standard InChI is InChI=1S/C23H19NO2/c1-14-18(16-10-6-4-7-11-16)19(17-12-8-5-9-13-17)15(2)21-20(14)22(25)24(3)23(21)26/h4-13H,1-3H3. The first-order valence-corrected chi connectivity index (χ1v) is 8.62. The molecule has 3 nitrogen and oxygen atoms in total. The minimum absolute atomic E-state index is 0.220. The maximum Gasteiger partial charge on any atom is 0.261 e. The normalized spacial score (nSPS) is 13.3. The van der Waals surface area contributed by atoms with Crippen LogP contribution in [0.2, 0.25) is 0 Å². The van der Waals surface area contributed by atoms with E-state index in [1.807, 2.05) is 74.5 Å². The fourth-order valence-corrected chi connectivity index (χ4v) is 3.89. The van der Waals surface area contributed by atoms with Crippen LogP contribution in [0, 0.1) is 13.8 Å². The smallest absolute Gasteiger partial charge is 0.261 e. The molecule has 1 aliphatic rings. The van der Waals surface area contributed by atoms with E-state index in [4.69, 9.17) is 0 Å². The number of hydrogen-bond acceptors (Lipinski definition) is 2. The van der Waals surface area contributed by atoms with E-state index in [9.17, 15) is 9.59 Å². The predicted octanol–water partition coefficient (Wildman–Crippen LogP) is 4.86. The summed E-state index contributed by atoms with van der Waals surface area (Å²) in [4.78, 5) is 26.6. The fraction of sp³-hybridized carbons (Fsp3) is 0.130. The second kappa shape index (κ2) is 5.95. The van der Waals surface area contributed by atoms with Crippen molar-refractivity contribution in [1.82, 2.24) is 4.90 Å². The van der Waals surface area contributed by atoms with Crippen LogP contribution in [-0.2, 0) is 0 Å². The van der Waals surface area contributed by atoms with Crippen molar-refractivity contribution in [1.29, 1.82) is 0 Å². The molecular formula is C23H19NO2. The number of rotatable bonds is 2. The van der Waals surface area contributed by atoms with E-state index in [-0.39, 0.29) is 11.8 Å². The van der Waals surface area contributed by atoms with Gasteiger partial charge in [0.2, 0.25) is 0 Å². The summed E-state index contributed by atoms with van der Waals surface area (Å²) < 4.78 is 0. The highest BCUT2D eigenvalue weighted by molar-refractivity contribution is 6.24. The van der Waals surface area contributed by atoms with E-state index < -0.39 is 0 Å². The first-order valence-electron chi connectivity index (χ1n) is 8.62. The summed E-state index contributed by atoms with van der Waals surface area (Å²) in [6.45, 7) is 3.88. The Balaban J connectivity index is 2.16. The van der Waals surface area contributed by atoms with Crippen molar-refractivity contribution in [2.45, 2.75) is 13.8 Å². The van der Waals surface area contributed by atoms with Crippen LogP contribution in [-0.4, -0.2) is 23.8 Å². The highest BCUT2D eigenvalue weighted by atomic mass is 16.2. The molecule has 1 heterocycles. The molecule has 0 atom stereocenters. The van der Waals surface area contributed by atoms with Crippen LogP contribution in [0.15, 0.2) is 60.7 Å². The summed E-state index contributed by atoms with van der Waals surface area (Å²) in [5.41, 5.74) is 6.92. The molecule has 3 aromatic carbocycles. The number of amides is 2. The van der Waals surface area contributed by atoms with Crippen LogP contribution in [0.1, 0.15) is 31.8 Å². The molecule has 26 heavy (non-hydrogen) atoms. The van der Waals surface area contributed by atoms with Gasteiger partial charge in [0.1, 0.15) is 0 Å². The van der Waals surface area contributed by atoms with Gasteiger partial charge in [0.25, 0.3) is 11.8 Å². The third-order valence-corrected chi connectivity index (χ3v) is 5.16. The fourth-order valence-electron chi connectivity index (χ4n) is 3.89. The molecule has 4 rings (SSSR count). The molecule has 0 unspecified atom stereocenters. The Morgan fingerprint density at radius 2 is 0.923 bits per heavy atom. The zero-order valence-electron chi connectivity index (χ0n) is 15.0. The van der Waals surface area contributed by atoms with Crippen molar-refractivity contribution in [3.63, 3.8) is 0 Å². The SMILES string of the molecule is Cc1c2c(c(C)c(-c3ccccc3)c1-c1ccccc1)C(=O)N(C)C2=O.